The molecule has 0 aliphatic carbocycles. The van der Waals surface area contributed by atoms with Crippen molar-refractivity contribution in [3.8, 4) is 0 Å². The molecule has 0 aliphatic rings. The van der Waals surface area contributed by atoms with Crippen molar-refractivity contribution in [1.82, 2.24) is 0 Å². The van der Waals surface area contributed by atoms with Gasteiger partial charge in [0.15, 0.2) is 0 Å². The van der Waals surface area contributed by atoms with Crippen molar-refractivity contribution < 1.29 is 4.39 Å². The maximum atomic E-state index is 12.9. The minimum absolute atomic E-state index is 0.145. The fourth-order valence-corrected chi connectivity index (χ4v) is 1.28. The summed E-state index contributed by atoms with van der Waals surface area (Å²) >= 11 is 0. The van der Waals surface area contributed by atoms with E-state index in [1.807, 2.05) is 6.07 Å². The van der Waals surface area contributed by atoms with E-state index in [2.05, 4.69) is 27.7 Å². The summed E-state index contributed by atoms with van der Waals surface area (Å²) in [6, 6.07) is 6.86. The minimum Gasteiger partial charge on any atom is -0.207 e. The predicted octanol–water partition coefficient (Wildman–Crippen LogP) is 3.98. The van der Waals surface area contributed by atoms with Gasteiger partial charge in [-0.15, -0.1) is 0 Å². The normalized spacial score (nSPS) is 14.2. The van der Waals surface area contributed by atoms with Gasteiger partial charge in [0.05, 0.1) is 0 Å². The fraction of sp³-hybridized carbons (Fsp3) is 0.500. The van der Waals surface area contributed by atoms with Gasteiger partial charge in [-0.05, 0) is 29.0 Å². The molecule has 1 atom stereocenters. The summed E-state index contributed by atoms with van der Waals surface area (Å²) in [6.07, 6.45) is 0. The van der Waals surface area contributed by atoms with Crippen LogP contribution in [0.25, 0.3) is 0 Å². The van der Waals surface area contributed by atoms with E-state index in [1.165, 1.54) is 6.07 Å². The molecule has 0 nitrogen and oxygen atoms in total. The molecule has 0 heterocycles. The molecule has 1 aromatic carbocycles. The van der Waals surface area contributed by atoms with Crippen LogP contribution in [0, 0.1) is 11.2 Å². The molecule has 72 valence electrons. The van der Waals surface area contributed by atoms with Crippen LogP contribution in [0.2, 0.25) is 0 Å². The molecule has 1 aromatic rings. The van der Waals surface area contributed by atoms with Gasteiger partial charge in [0, 0.05) is 0 Å². The van der Waals surface area contributed by atoms with Crippen LogP contribution in [-0.4, -0.2) is 0 Å². The molecule has 1 rings (SSSR count). The lowest BCUT2D eigenvalue weighted by atomic mass is 9.78. The van der Waals surface area contributed by atoms with Gasteiger partial charge in [0.1, 0.15) is 5.82 Å². The first-order valence-corrected chi connectivity index (χ1v) is 4.67. The Labute approximate surface area is 79.8 Å². The molecule has 0 saturated carbocycles. The summed E-state index contributed by atoms with van der Waals surface area (Å²) in [5.74, 6) is 0.233. The molecule has 0 fully saturated rings. The van der Waals surface area contributed by atoms with Crippen LogP contribution >= 0.6 is 0 Å². The molecule has 13 heavy (non-hydrogen) atoms. The number of halogens is 1. The van der Waals surface area contributed by atoms with Crippen molar-refractivity contribution in [3.63, 3.8) is 0 Å². The molecule has 0 saturated heterocycles. The molecule has 0 aliphatic heterocycles. The Morgan fingerprint density at radius 1 is 1.23 bits per heavy atom. The average Bonchev–Trinajstić information content (AvgIpc) is 2.01. The number of hydrogen-bond acceptors (Lipinski definition) is 0. The minimum atomic E-state index is -0.145. The van der Waals surface area contributed by atoms with Crippen molar-refractivity contribution in [2.45, 2.75) is 33.6 Å². The lowest BCUT2D eigenvalue weighted by Crippen LogP contribution is -2.15. The van der Waals surface area contributed by atoms with Crippen LogP contribution in [0.5, 0.6) is 0 Å². The van der Waals surface area contributed by atoms with Crippen LogP contribution < -0.4 is 0 Å². The van der Waals surface area contributed by atoms with Crippen LogP contribution in [0.4, 0.5) is 4.39 Å². The summed E-state index contributed by atoms with van der Waals surface area (Å²) < 4.78 is 12.9. The average molecular weight is 180 g/mol. The Morgan fingerprint density at radius 2 is 1.85 bits per heavy atom. The lowest BCUT2D eigenvalue weighted by molar-refractivity contribution is 0.339. The van der Waals surface area contributed by atoms with Crippen molar-refractivity contribution >= 4 is 0 Å². The highest BCUT2D eigenvalue weighted by Gasteiger charge is 2.21. The van der Waals surface area contributed by atoms with Crippen LogP contribution in [0.1, 0.15) is 39.2 Å². The monoisotopic (exact) mass is 180 g/mol. The highest BCUT2D eigenvalue weighted by atomic mass is 19.1. The van der Waals surface area contributed by atoms with Gasteiger partial charge < -0.3 is 0 Å². The zero-order valence-electron chi connectivity index (χ0n) is 8.76. The van der Waals surface area contributed by atoms with Crippen LogP contribution in [0.3, 0.4) is 0 Å². The SMILES string of the molecule is C[C@@H](c1cccc(F)c1)C(C)(C)C. The van der Waals surface area contributed by atoms with Gasteiger partial charge in [-0.1, -0.05) is 39.8 Å². The Kier molecular flexibility index (Phi) is 2.74. The van der Waals surface area contributed by atoms with E-state index in [0.717, 1.165) is 5.56 Å². The van der Waals surface area contributed by atoms with Crippen molar-refractivity contribution in [2.24, 2.45) is 5.41 Å². The van der Waals surface area contributed by atoms with Crippen molar-refractivity contribution in [3.05, 3.63) is 35.6 Å². The molecular formula is C12H17F. The highest BCUT2D eigenvalue weighted by molar-refractivity contribution is 5.21. The molecule has 0 spiro atoms. The van der Waals surface area contributed by atoms with Crippen molar-refractivity contribution in [2.75, 3.05) is 0 Å². The van der Waals surface area contributed by atoms with E-state index in [1.54, 1.807) is 12.1 Å². The lowest BCUT2D eigenvalue weighted by Gasteiger charge is -2.27. The fourth-order valence-electron chi connectivity index (χ4n) is 1.28. The molecule has 0 N–H and O–H groups in total. The second-order valence-corrected chi connectivity index (χ2v) is 4.64. The molecule has 0 aromatic heterocycles. The van der Waals surface area contributed by atoms with Crippen molar-refractivity contribution in [1.29, 1.82) is 0 Å². The third-order valence-electron chi connectivity index (χ3n) is 2.65. The third-order valence-corrected chi connectivity index (χ3v) is 2.65. The zero-order valence-corrected chi connectivity index (χ0v) is 8.76. The molecule has 0 unspecified atom stereocenters. The molecule has 0 bridgehead atoms. The smallest absolute Gasteiger partial charge is 0.123 e. The van der Waals surface area contributed by atoms with Gasteiger partial charge in [0.25, 0.3) is 0 Å². The van der Waals surface area contributed by atoms with Crippen LogP contribution in [-0.2, 0) is 0 Å². The van der Waals surface area contributed by atoms with Gasteiger partial charge in [-0.2, -0.15) is 0 Å². The first-order chi connectivity index (χ1) is 5.91. The maximum absolute atomic E-state index is 12.9. The van der Waals surface area contributed by atoms with E-state index < -0.39 is 0 Å². The predicted molar refractivity (Wildman–Crippen MR) is 54.3 cm³/mol. The van der Waals surface area contributed by atoms with E-state index in [9.17, 15) is 4.39 Å². The van der Waals surface area contributed by atoms with E-state index in [-0.39, 0.29) is 11.2 Å². The summed E-state index contributed by atoms with van der Waals surface area (Å²) in [5.41, 5.74) is 1.26. The summed E-state index contributed by atoms with van der Waals surface area (Å²) in [6.45, 7) is 8.64. The topological polar surface area (TPSA) is 0 Å². The van der Waals surface area contributed by atoms with Gasteiger partial charge in [0.2, 0.25) is 0 Å². The van der Waals surface area contributed by atoms with E-state index in [4.69, 9.17) is 0 Å². The first-order valence-electron chi connectivity index (χ1n) is 4.67. The Balaban J connectivity index is 2.96. The maximum Gasteiger partial charge on any atom is 0.123 e. The second-order valence-electron chi connectivity index (χ2n) is 4.64. The Bertz CT molecular complexity index is 283. The zero-order chi connectivity index (χ0) is 10.1. The second kappa shape index (κ2) is 3.49. The summed E-state index contributed by atoms with van der Waals surface area (Å²) in [5, 5.41) is 0. The molecule has 0 radical (unpaired) electrons. The third kappa shape index (κ3) is 2.55. The molecule has 0 amide bonds. The standard InChI is InChI=1S/C12H17F/c1-9(12(2,3)4)10-6-5-7-11(13)8-10/h5-9H,1-4H3/t9-/m0/s1. The van der Waals surface area contributed by atoms with Gasteiger partial charge in [-0.25, -0.2) is 4.39 Å². The number of hydrogen-bond donors (Lipinski definition) is 0. The highest BCUT2D eigenvalue weighted by Crippen LogP contribution is 2.34. The quantitative estimate of drug-likeness (QED) is 0.613. The van der Waals surface area contributed by atoms with E-state index >= 15 is 0 Å². The van der Waals surface area contributed by atoms with E-state index in [0.29, 0.717) is 5.92 Å². The molecule has 1 heteroatoms. The van der Waals surface area contributed by atoms with Gasteiger partial charge in [-0.3, -0.25) is 0 Å². The number of rotatable bonds is 1. The van der Waals surface area contributed by atoms with Gasteiger partial charge >= 0.3 is 0 Å². The Hall–Kier alpha value is -0.850. The molecular weight excluding hydrogens is 163 g/mol. The number of benzene rings is 1. The Morgan fingerprint density at radius 3 is 2.31 bits per heavy atom. The van der Waals surface area contributed by atoms with Crippen LogP contribution in [0.15, 0.2) is 24.3 Å². The largest absolute Gasteiger partial charge is 0.207 e. The summed E-state index contributed by atoms with van der Waals surface area (Å²) in [4.78, 5) is 0. The summed E-state index contributed by atoms with van der Waals surface area (Å²) in [7, 11) is 0. The first kappa shape index (κ1) is 10.2.